The van der Waals surface area contributed by atoms with Gasteiger partial charge in [0.15, 0.2) is 0 Å². The highest BCUT2D eigenvalue weighted by atomic mass is 16.5. The van der Waals surface area contributed by atoms with E-state index in [0.29, 0.717) is 26.0 Å². The van der Waals surface area contributed by atoms with Gasteiger partial charge in [-0.05, 0) is 31.6 Å². The second-order valence-corrected chi connectivity index (χ2v) is 4.52. The van der Waals surface area contributed by atoms with Crippen molar-refractivity contribution >= 4 is 5.91 Å². The number of likely N-dealkylation sites (N-methyl/N-ethyl adjacent to an activating group) is 1. The van der Waals surface area contributed by atoms with Crippen LogP contribution in [-0.2, 0) is 4.79 Å². The zero-order valence-corrected chi connectivity index (χ0v) is 12.5. The van der Waals surface area contributed by atoms with Crippen molar-refractivity contribution in [2.75, 3.05) is 32.8 Å². The molecule has 0 aliphatic heterocycles. The molecule has 112 valence electrons. The number of ether oxygens (including phenoxy) is 1. The molecule has 1 amide bonds. The average molecular weight is 279 g/mol. The molecular formula is C15H25N3O2. The molecule has 20 heavy (non-hydrogen) atoms. The summed E-state index contributed by atoms with van der Waals surface area (Å²) in [7, 11) is 0. The van der Waals surface area contributed by atoms with E-state index < -0.39 is 0 Å². The fourth-order valence-corrected chi connectivity index (χ4v) is 1.84. The van der Waals surface area contributed by atoms with Crippen LogP contribution in [0.2, 0.25) is 0 Å². The summed E-state index contributed by atoms with van der Waals surface area (Å²) in [6.07, 6.45) is 4.59. The van der Waals surface area contributed by atoms with Gasteiger partial charge in [-0.25, -0.2) is 0 Å². The summed E-state index contributed by atoms with van der Waals surface area (Å²) in [5, 5.41) is 2.93. The Morgan fingerprint density at radius 3 is 2.85 bits per heavy atom. The summed E-state index contributed by atoms with van der Waals surface area (Å²) < 4.78 is 5.48. The molecule has 1 N–H and O–H groups in total. The van der Waals surface area contributed by atoms with Crippen LogP contribution < -0.4 is 10.1 Å². The Morgan fingerprint density at radius 1 is 1.40 bits per heavy atom. The topological polar surface area (TPSA) is 54.5 Å². The van der Waals surface area contributed by atoms with E-state index in [1.807, 2.05) is 12.1 Å². The van der Waals surface area contributed by atoms with Gasteiger partial charge in [-0.2, -0.15) is 0 Å². The van der Waals surface area contributed by atoms with Crippen molar-refractivity contribution < 1.29 is 9.53 Å². The van der Waals surface area contributed by atoms with Gasteiger partial charge in [0.05, 0.1) is 12.8 Å². The van der Waals surface area contributed by atoms with Crippen molar-refractivity contribution in [3.63, 3.8) is 0 Å². The monoisotopic (exact) mass is 279 g/mol. The summed E-state index contributed by atoms with van der Waals surface area (Å²) in [5.74, 6) is 0.835. The van der Waals surface area contributed by atoms with Crippen molar-refractivity contribution in [1.29, 1.82) is 0 Å². The number of carbonyl (C=O) groups excluding carboxylic acids is 1. The summed E-state index contributed by atoms with van der Waals surface area (Å²) >= 11 is 0. The molecule has 0 atom stereocenters. The molecule has 1 rings (SSSR count). The molecule has 1 heterocycles. The van der Waals surface area contributed by atoms with Gasteiger partial charge in [0, 0.05) is 25.7 Å². The maximum Gasteiger partial charge on any atom is 0.220 e. The maximum absolute atomic E-state index is 11.6. The van der Waals surface area contributed by atoms with Crippen molar-refractivity contribution in [2.24, 2.45) is 0 Å². The Hall–Kier alpha value is -1.62. The summed E-state index contributed by atoms with van der Waals surface area (Å²) in [5.41, 5.74) is 0. The predicted octanol–water partition coefficient (Wildman–Crippen LogP) is 1.70. The number of hydrogen-bond donors (Lipinski definition) is 1. The molecule has 5 heteroatoms. The van der Waals surface area contributed by atoms with E-state index in [1.165, 1.54) is 0 Å². The molecule has 0 saturated heterocycles. The van der Waals surface area contributed by atoms with Gasteiger partial charge in [0.2, 0.25) is 5.91 Å². The van der Waals surface area contributed by atoms with Crippen LogP contribution in [0.3, 0.4) is 0 Å². The third-order valence-electron chi connectivity index (χ3n) is 3.10. The molecule has 0 aliphatic rings. The first-order valence-electron chi connectivity index (χ1n) is 7.28. The zero-order chi connectivity index (χ0) is 14.6. The molecule has 5 nitrogen and oxygen atoms in total. The first-order chi connectivity index (χ1) is 9.76. The second-order valence-electron chi connectivity index (χ2n) is 4.52. The number of amides is 1. The van der Waals surface area contributed by atoms with Gasteiger partial charge in [-0.15, -0.1) is 0 Å². The summed E-state index contributed by atoms with van der Waals surface area (Å²) in [4.78, 5) is 17.9. The number of pyridine rings is 1. The number of nitrogens with zero attached hydrogens (tertiary/aromatic N) is 2. The lowest BCUT2D eigenvalue weighted by atomic mass is 10.3. The van der Waals surface area contributed by atoms with Crippen LogP contribution in [0, 0.1) is 0 Å². The maximum atomic E-state index is 11.6. The third kappa shape index (κ3) is 7.09. The Labute approximate surface area is 121 Å². The van der Waals surface area contributed by atoms with Gasteiger partial charge in [-0.3, -0.25) is 9.78 Å². The molecule has 0 unspecified atom stereocenters. The molecule has 0 aliphatic carbocycles. The van der Waals surface area contributed by atoms with E-state index in [1.54, 1.807) is 12.4 Å². The van der Waals surface area contributed by atoms with Gasteiger partial charge in [-0.1, -0.05) is 13.8 Å². The van der Waals surface area contributed by atoms with E-state index in [2.05, 4.69) is 29.0 Å². The Morgan fingerprint density at radius 2 is 2.20 bits per heavy atom. The van der Waals surface area contributed by atoms with Crippen LogP contribution in [0.5, 0.6) is 5.75 Å². The molecule has 0 bridgehead atoms. The lowest BCUT2D eigenvalue weighted by Crippen LogP contribution is -2.34. The number of nitrogens with one attached hydrogen (secondary N) is 1. The Balaban J connectivity index is 2.03. The lowest BCUT2D eigenvalue weighted by molar-refractivity contribution is -0.121. The molecule has 0 fully saturated rings. The first kappa shape index (κ1) is 16.4. The highest BCUT2D eigenvalue weighted by Gasteiger charge is 2.03. The quantitative estimate of drug-likeness (QED) is 0.662. The summed E-state index contributed by atoms with van der Waals surface area (Å²) in [6, 6.07) is 3.69. The fourth-order valence-electron chi connectivity index (χ4n) is 1.84. The first-order valence-corrected chi connectivity index (χ1v) is 7.28. The van der Waals surface area contributed by atoms with Gasteiger partial charge < -0.3 is 15.0 Å². The molecule has 1 aromatic heterocycles. The van der Waals surface area contributed by atoms with E-state index in [4.69, 9.17) is 4.74 Å². The van der Waals surface area contributed by atoms with Crippen LogP contribution in [0.1, 0.15) is 26.7 Å². The number of hydrogen-bond acceptors (Lipinski definition) is 4. The van der Waals surface area contributed by atoms with E-state index >= 15 is 0 Å². The standard InChI is InChI=1S/C15H25N3O2/c1-3-18(4-2)11-10-17-15(19)8-6-12-20-14-7-5-9-16-13-14/h5,7,9,13H,3-4,6,8,10-12H2,1-2H3,(H,17,19). The van der Waals surface area contributed by atoms with Crippen LogP contribution in [0.15, 0.2) is 24.5 Å². The van der Waals surface area contributed by atoms with E-state index in [-0.39, 0.29) is 5.91 Å². The molecule has 0 saturated carbocycles. The minimum absolute atomic E-state index is 0.0898. The smallest absolute Gasteiger partial charge is 0.220 e. The zero-order valence-electron chi connectivity index (χ0n) is 12.5. The normalized spacial score (nSPS) is 10.6. The van der Waals surface area contributed by atoms with Gasteiger partial charge >= 0.3 is 0 Å². The Kier molecular flexibility index (Phi) is 8.38. The van der Waals surface area contributed by atoms with Crippen molar-refractivity contribution in [3.8, 4) is 5.75 Å². The number of aromatic nitrogens is 1. The lowest BCUT2D eigenvalue weighted by Gasteiger charge is -2.17. The van der Waals surface area contributed by atoms with Crippen molar-refractivity contribution in [3.05, 3.63) is 24.5 Å². The van der Waals surface area contributed by atoms with E-state index in [9.17, 15) is 4.79 Å². The Bertz CT molecular complexity index is 367. The SMILES string of the molecule is CCN(CC)CCNC(=O)CCCOc1cccnc1. The molecule has 1 aromatic rings. The number of rotatable bonds is 10. The van der Waals surface area contributed by atoms with Crippen LogP contribution in [-0.4, -0.2) is 48.6 Å². The molecule has 0 spiro atoms. The predicted molar refractivity (Wildman–Crippen MR) is 79.8 cm³/mol. The minimum Gasteiger partial charge on any atom is -0.492 e. The van der Waals surface area contributed by atoms with E-state index in [0.717, 1.165) is 25.4 Å². The average Bonchev–Trinajstić information content (AvgIpc) is 2.49. The van der Waals surface area contributed by atoms with Crippen LogP contribution >= 0.6 is 0 Å². The molecule has 0 aromatic carbocycles. The van der Waals surface area contributed by atoms with Gasteiger partial charge in [0.1, 0.15) is 5.75 Å². The van der Waals surface area contributed by atoms with Crippen molar-refractivity contribution in [2.45, 2.75) is 26.7 Å². The third-order valence-corrected chi connectivity index (χ3v) is 3.10. The van der Waals surface area contributed by atoms with Crippen LogP contribution in [0.25, 0.3) is 0 Å². The van der Waals surface area contributed by atoms with Crippen LogP contribution in [0.4, 0.5) is 0 Å². The largest absolute Gasteiger partial charge is 0.492 e. The van der Waals surface area contributed by atoms with Gasteiger partial charge in [0.25, 0.3) is 0 Å². The van der Waals surface area contributed by atoms with Crippen molar-refractivity contribution in [1.82, 2.24) is 15.2 Å². The summed E-state index contributed by atoms with van der Waals surface area (Å²) in [6.45, 7) is 8.45. The minimum atomic E-state index is 0.0898. The molecular weight excluding hydrogens is 254 g/mol. The fraction of sp³-hybridized carbons (Fsp3) is 0.600. The second kappa shape index (κ2) is 10.2. The number of carbonyl (C=O) groups is 1. The molecule has 0 radical (unpaired) electrons. The highest BCUT2D eigenvalue weighted by Crippen LogP contribution is 2.06. The highest BCUT2D eigenvalue weighted by molar-refractivity contribution is 5.75.